The molecule has 4 heteroatoms. The van der Waals surface area contributed by atoms with Crippen LogP contribution in [0.15, 0.2) is 24.3 Å². The maximum Gasteiger partial charge on any atom is 0.336 e. The number of carbonyl (C=O) groups is 1. The lowest BCUT2D eigenvalue weighted by Gasteiger charge is -2.05. The Morgan fingerprint density at radius 3 is 3.07 bits per heavy atom. The molecule has 0 radical (unpaired) electrons. The Balaban J connectivity index is 2.57. The molecule has 1 N–H and O–H groups in total. The van der Waals surface area contributed by atoms with Crippen LogP contribution in [0.5, 0.6) is 5.75 Å². The lowest BCUT2D eigenvalue weighted by molar-refractivity contribution is -0.194. The number of hydrogen-bond donors (Lipinski definition) is 1. The molecule has 0 fully saturated rings. The van der Waals surface area contributed by atoms with E-state index >= 15 is 0 Å². The topological polar surface area (TPSA) is 55.8 Å². The van der Waals surface area contributed by atoms with Gasteiger partial charge in [-0.1, -0.05) is 18.2 Å². The molecule has 0 amide bonds. The standard InChI is InChI=1S/C10H8O4/c11-10(12)8-3-1-5-9-7(8)4-2-6-13-14-9/h1-5H,6H2,(H,11,12). The fourth-order valence-corrected chi connectivity index (χ4v) is 1.28. The van der Waals surface area contributed by atoms with Gasteiger partial charge in [-0.25, -0.2) is 4.79 Å². The molecule has 4 nitrogen and oxygen atoms in total. The summed E-state index contributed by atoms with van der Waals surface area (Å²) in [4.78, 5) is 20.5. The van der Waals surface area contributed by atoms with Gasteiger partial charge in [-0.3, -0.25) is 0 Å². The summed E-state index contributed by atoms with van der Waals surface area (Å²) in [6, 6.07) is 4.81. The molecule has 0 unspecified atom stereocenters. The number of aromatic carboxylic acids is 1. The van der Waals surface area contributed by atoms with Crippen molar-refractivity contribution in [1.29, 1.82) is 0 Å². The van der Waals surface area contributed by atoms with Crippen LogP contribution < -0.4 is 4.89 Å². The summed E-state index contributed by atoms with van der Waals surface area (Å²) >= 11 is 0. The van der Waals surface area contributed by atoms with Crippen LogP contribution in [0.4, 0.5) is 0 Å². The molecule has 1 aromatic rings. The van der Waals surface area contributed by atoms with Gasteiger partial charge in [0, 0.05) is 5.56 Å². The van der Waals surface area contributed by atoms with Gasteiger partial charge in [-0.2, -0.15) is 4.89 Å². The normalized spacial score (nSPS) is 14.0. The first-order valence-electron chi connectivity index (χ1n) is 4.11. The van der Waals surface area contributed by atoms with Crippen molar-refractivity contribution < 1.29 is 19.7 Å². The summed E-state index contributed by atoms with van der Waals surface area (Å²) in [6.07, 6.45) is 3.39. The van der Waals surface area contributed by atoms with Crippen LogP contribution in [0, 0.1) is 0 Å². The van der Waals surface area contributed by atoms with Gasteiger partial charge < -0.3 is 9.99 Å². The highest BCUT2D eigenvalue weighted by Crippen LogP contribution is 2.25. The van der Waals surface area contributed by atoms with Gasteiger partial charge in [-0.15, -0.1) is 0 Å². The van der Waals surface area contributed by atoms with Gasteiger partial charge in [0.25, 0.3) is 0 Å². The third kappa shape index (κ3) is 1.47. The molecule has 0 saturated heterocycles. The fraction of sp³-hybridized carbons (Fsp3) is 0.100. The van der Waals surface area contributed by atoms with E-state index in [2.05, 4.69) is 0 Å². The molecule has 1 aliphatic heterocycles. The van der Waals surface area contributed by atoms with Gasteiger partial charge >= 0.3 is 5.97 Å². The maximum atomic E-state index is 10.9. The Morgan fingerprint density at radius 1 is 1.43 bits per heavy atom. The number of benzene rings is 1. The monoisotopic (exact) mass is 192 g/mol. The van der Waals surface area contributed by atoms with E-state index in [1.165, 1.54) is 6.07 Å². The third-order valence-electron chi connectivity index (χ3n) is 1.89. The van der Waals surface area contributed by atoms with Crippen molar-refractivity contribution in [3.63, 3.8) is 0 Å². The molecule has 0 spiro atoms. The van der Waals surface area contributed by atoms with E-state index in [1.807, 2.05) is 0 Å². The van der Waals surface area contributed by atoms with Crippen LogP contribution in [-0.2, 0) is 4.89 Å². The van der Waals surface area contributed by atoms with Crippen molar-refractivity contribution >= 4 is 12.0 Å². The highest BCUT2D eigenvalue weighted by Gasteiger charge is 2.14. The summed E-state index contributed by atoms with van der Waals surface area (Å²) in [5.41, 5.74) is 0.752. The van der Waals surface area contributed by atoms with E-state index < -0.39 is 5.97 Å². The number of rotatable bonds is 1. The van der Waals surface area contributed by atoms with Crippen LogP contribution in [0.25, 0.3) is 6.08 Å². The average Bonchev–Trinajstić information content (AvgIpc) is 2.41. The Morgan fingerprint density at radius 2 is 2.29 bits per heavy atom. The van der Waals surface area contributed by atoms with Crippen molar-refractivity contribution in [1.82, 2.24) is 0 Å². The summed E-state index contributed by atoms with van der Waals surface area (Å²) < 4.78 is 0. The Kier molecular flexibility index (Phi) is 2.20. The minimum Gasteiger partial charge on any atom is -0.478 e. The van der Waals surface area contributed by atoms with Gasteiger partial charge in [0.05, 0.1) is 5.56 Å². The zero-order valence-corrected chi connectivity index (χ0v) is 7.27. The van der Waals surface area contributed by atoms with Crippen LogP contribution in [0.2, 0.25) is 0 Å². The lowest BCUT2D eigenvalue weighted by atomic mass is 10.1. The number of carboxylic acid groups (broad SMARTS) is 1. The first-order valence-corrected chi connectivity index (χ1v) is 4.11. The molecule has 0 atom stereocenters. The molecular weight excluding hydrogens is 184 g/mol. The molecule has 1 aromatic carbocycles. The largest absolute Gasteiger partial charge is 0.478 e. The van der Waals surface area contributed by atoms with Crippen molar-refractivity contribution in [2.75, 3.05) is 6.61 Å². The van der Waals surface area contributed by atoms with Crippen molar-refractivity contribution in [3.8, 4) is 5.75 Å². The average molecular weight is 192 g/mol. The van der Waals surface area contributed by atoms with Gasteiger partial charge in [0.15, 0.2) is 5.75 Å². The number of hydrogen-bond acceptors (Lipinski definition) is 3. The Labute approximate surface area is 80.3 Å². The predicted octanol–water partition coefficient (Wildman–Crippen LogP) is 1.72. The molecule has 1 aliphatic rings. The summed E-state index contributed by atoms with van der Waals surface area (Å²) in [7, 11) is 0. The highest BCUT2D eigenvalue weighted by molar-refractivity contribution is 5.93. The first-order chi connectivity index (χ1) is 6.79. The van der Waals surface area contributed by atoms with E-state index in [1.54, 1.807) is 24.3 Å². The zero-order chi connectivity index (χ0) is 9.97. The fourth-order valence-electron chi connectivity index (χ4n) is 1.28. The van der Waals surface area contributed by atoms with E-state index in [4.69, 9.17) is 14.9 Å². The Hall–Kier alpha value is -1.81. The van der Waals surface area contributed by atoms with Crippen molar-refractivity contribution in [2.24, 2.45) is 0 Å². The number of fused-ring (bicyclic) bond motifs is 1. The second kappa shape index (κ2) is 3.51. The molecule has 0 bridgehead atoms. The van der Waals surface area contributed by atoms with Gasteiger partial charge in [0.1, 0.15) is 6.61 Å². The van der Waals surface area contributed by atoms with Crippen LogP contribution >= 0.6 is 0 Å². The second-order valence-corrected chi connectivity index (χ2v) is 2.79. The summed E-state index contributed by atoms with van der Waals surface area (Å²) in [5.74, 6) is -0.546. The van der Waals surface area contributed by atoms with E-state index in [0.717, 1.165) is 0 Å². The highest BCUT2D eigenvalue weighted by atomic mass is 17.2. The number of carboxylic acids is 1. The van der Waals surface area contributed by atoms with Gasteiger partial charge in [0.2, 0.25) is 0 Å². The minimum atomic E-state index is -0.975. The summed E-state index contributed by atoms with van der Waals surface area (Å²) in [6.45, 7) is 0.313. The van der Waals surface area contributed by atoms with E-state index in [-0.39, 0.29) is 5.56 Å². The molecular formula is C10H8O4. The van der Waals surface area contributed by atoms with E-state index in [9.17, 15) is 4.79 Å². The molecule has 14 heavy (non-hydrogen) atoms. The second-order valence-electron chi connectivity index (χ2n) is 2.79. The zero-order valence-electron chi connectivity index (χ0n) is 7.27. The molecule has 72 valence electrons. The maximum absolute atomic E-state index is 10.9. The van der Waals surface area contributed by atoms with E-state index in [0.29, 0.717) is 17.9 Å². The quantitative estimate of drug-likeness (QED) is 0.688. The smallest absolute Gasteiger partial charge is 0.336 e. The minimum absolute atomic E-state index is 0.212. The van der Waals surface area contributed by atoms with Crippen molar-refractivity contribution in [2.45, 2.75) is 0 Å². The molecule has 1 heterocycles. The van der Waals surface area contributed by atoms with Crippen LogP contribution in [-0.4, -0.2) is 17.7 Å². The molecule has 0 saturated carbocycles. The van der Waals surface area contributed by atoms with Crippen LogP contribution in [0.1, 0.15) is 15.9 Å². The van der Waals surface area contributed by atoms with Crippen LogP contribution in [0.3, 0.4) is 0 Å². The van der Waals surface area contributed by atoms with Gasteiger partial charge in [-0.05, 0) is 12.1 Å². The first kappa shape index (κ1) is 8.77. The molecule has 2 rings (SSSR count). The molecule has 0 aliphatic carbocycles. The molecule has 0 aromatic heterocycles. The Bertz CT molecular complexity index is 395. The SMILES string of the molecule is O=C(O)c1cccc2c1C=CCOO2. The predicted molar refractivity (Wildman–Crippen MR) is 49.0 cm³/mol. The lowest BCUT2D eigenvalue weighted by Crippen LogP contribution is -2.01. The van der Waals surface area contributed by atoms with Crippen molar-refractivity contribution in [3.05, 3.63) is 35.4 Å². The third-order valence-corrected chi connectivity index (χ3v) is 1.89. The summed E-state index contributed by atoms with van der Waals surface area (Å²) in [5, 5.41) is 8.90.